The lowest BCUT2D eigenvalue weighted by molar-refractivity contribution is 0.413. The van der Waals surface area contributed by atoms with Gasteiger partial charge >= 0.3 is 0 Å². The average Bonchev–Trinajstić information content (AvgIpc) is 2.46. The molecule has 1 heterocycles. The first-order valence-electron chi connectivity index (χ1n) is 3.70. The molecular formula is C8H9NO2S. The molecular weight excluding hydrogens is 174 g/mol. The molecule has 0 spiro atoms. The summed E-state index contributed by atoms with van der Waals surface area (Å²) in [5.74, 6) is 0. The Balaban J connectivity index is 2.27. The van der Waals surface area contributed by atoms with Crippen LogP contribution in [0.3, 0.4) is 0 Å². The van der Waals surface area contributed by atoms with Crippen molar-refractivity contribution >= 4 is 11.3 Å². The first kappa shape index (κ1) is 7.91. The summed E-state index contributed by atoms with van der Waals surface area (Å²) in [6, 6.07) is 7.87. The normalized spacial score (nSPS) is 19.1. The van der Waals surface area contributed by atoms with Crippen LogP contribution in [0.5, 0.6) is 0 Å². The summed E-state index contributed by atoms with van der Waals surface area (Å²) in [4.78, 5) is 0. The smallest absolute Gasteiger partial charge is 0.235 e. The SMILES string of the molecule is O=S(O)N1Cc2ccccc2C1. The second kappa shape index (κ2) is 2.97. The van der Waals surface area contributed by atoms with Crippen LogP contribution in [0.4, 0.5) is 0 Å². The molecule has 4 heteroatoms. The molecule has 0 bridgehead atoms. The summed E-state index contributed by atoms with van der Waals surface area (Å²) in [7, 11) is 0. The molecule has 0 aromatic heterocycles. The van der Waals surface area contributed by atoms with Crippen molar-refractivity contribution in [1.82, 2.24) is 4.31 Å². The molecule has 0 radical (unpaired) electrons. The van der Waals surface area contributed by atoms with Gasteiger partial charge in [0.25, 0.3) is 0 Å². The number of hydrogen-bond acceptors (Lipinski definition) is 1. The molecule has 1 unspecified atom stereocenters. The summed E-state index contributed by atoms with van der Waals surface area (Å²) in [6.07, 6.45) is 0. The molecule has 0 aliphatic carbocycles. The lowest BCUT2D eigenvalue weighted by Gasteiger charge is -2.06. The van der Waals surface area contributed by atoms with Gasteiger partial charge in [0.15, 0.2) is 0 Å². The summed E-state index contributed by atoms with van der Waals surface area (Å²) in [5, 5.41) is 0. The highest BCUT2D eigenvalue weighted by Gasteiger charge is 2.21. The van der Waals surface area contributed by atoms with Gasteiger partial charge in [-0.05, 0) is 11.1 Å². The van der Waals surface area contributed by atoms with Gasteiger partial charge in [-0.1, -0.05) is 24.3 Å². The van der Waals surface area contributed by atoms with Crippen LogP contribution in [-0.4, -0.2) is 13.1 Å². The first-order chi connectivity index (χ1) is 5.77. The Kier molecular flexibility index (Phi) is 1.96. The highest BCUT2D eigenvalue weighted by atomic mass is 32.2. The van der Waals surface area contributed by atoms with Crippen molar-refractivity contribution in [3.63, 3.8) is 0 Å². The van der Waals surface area contributed by atoms with E-state index in [1.54, 1.807) is 0 Å². The quantitative estimate of drug-likeness (QED) is 0.663. The number of benzene rings is 1. The number of rotatable bonds is 1. The molecule has 0 saturated heterocycles. The average molecular weight is 183 g/mol. The predicted molar refractivity (Wildman–Crippen MR) is 46.5 cm³/mol. The maximum Gasteiger partial charge on any atom is 0.235 e. The van der Waals surface area contributed by atoms with E-state index in [4.69, 9.17) is 4.55 Å². The van der Waals surface area contributed by atoms with Gasteiger partial charge in [-0.2, -0.15) is 4.31 Å². The molecule has 3 nitrogen and oxygen atoms in total. The molecule has 0 saturated carbocycles. The molecule has 64 valence electrons. The van der Waals surface area contributed by atoms with Crippen LogP contribution in [0.1, 0.15) is 11.1 Å². The molecule has 1 aliphatic rings. The lowest BCUT2D eigenvalue weighted by atomic mass is 10.1. The van der Waals surface area contributed by atoms with Crippen molar-refractivity contribution < 1.29 is 8.76 Å². The molecule has 12 heavy (non-hydrogen) atoms. The maximum absolute atomic E-state index is 10.7. The van der Waals surface area contributed by atoms with Crippen LogP contribution in [0.2, 0.25) is 0 Å². The Morgan fingerprint density at radius 1 is 1.25 bits per heavy atom. The van der Waals surface area contributed by atoms with Crippen molar-refractivity contribution in [2.24, 2.45) is 0 Å². The van der Waals surface area contributed by atoms with Crippen LogP contribution in [0.25, 0.3) is 0 Å². The minimum Gasteiger partial charge on any atom is -0.294 e. The first-order valence-corrected chi connectivity index (χ1v) is 4.76. The molecule has 1 aromatic rings. The van der Waals surface area contributed by atoms with Crippen LogP contribution >= 0.6 is 0 Å². The van der Waals surface area contributed by atoms with E-state index in [0.29, 0.717) is 13.1 Å². The minimum atomic E-state index is -1.83. The van der Waals surface area contributed by atoms with Crippen LogP contribution in [0.15, 0.2) is 24.3 Å². The third kappa shape index (κ3) is 1.29. The third-order valence-corrected chi connectivity index (χ3v) is 2.73. The van der Waals surface area contributed by atoms with E-state index in [0.717, 1.165) is 11.1 Å². The van der Waals surface area contributed by atoms with Gasteiger partial charge in [0.2, 0.25) is 11.3 Å². The maximum atomic E-state index is 10.7. The predicted octanol–water partition coefficient (Wildman–Crippen LogP) is 1.14. The monoisotopic (exact) mass is 183 g/mol. The van der Waals surface area contributed by atoms with Gasteiger partial charge in [0.1, 0.15) is 0 Å². The Morgan fingerprint density at radius 3 is 2.17 bits per heavy atom. The summed E-state index contributed by atoms with van der Waals surface area (Å²) in [5.41, 5.74) is 2.31. The molecule has 0 fully saturated rings. The Labute approximate surface area is 73.4 Å². The highest BCUT2D eigenvalue weighted by molar-refractivity contribution is 7.76. The van der Waals surface area contributed by atoms with E-state index in [1.165, 1.54) is 4.31 Å². The van der Waals surface area contributed by atoms with E-state index in [-0.39, 0.29) is 0 Å². The number of hydrogen-bond donors (Lipinski definition) is 1. The van der Waals surface area contributed by atoms with Gasteiger partial charge in [0, 0.05) is 13.1 Å². The van der Waals surface area contributed by atoms with E-state index < -0.39 is 11.3 Å². The lowest BCUT2D eigenvalue weighted by Crippen LogP contribution is -2.18. The van der Waals surface area contributed by atoms with Gasteiger partial charge in [-0.25, -0.2) is 4.21 Å². The zero-order chi connectivity index (χ0) is 8.55. The largest absolute Gasteiger partial charge is 0.294 e. The number of nitrogens with zero attached hydrogens (tertiary/aromatic N) is 1. The molecule has 1 atom stereocenters. The summed E-state index contributed by atoms with van der Waals surface area (Å²) < 4.78 is 21.0. The fourth-order valence-electron chi connectivity index (χ4n) is 1.41. The van der Waals surface area contributed by atoms with E-state index in [9.17, 15) is 4.21 Å². The molecule has 1 aromatic carbocycles. The van der Waals surface area contributed by atoms with Crippen LogP contribution < -0.4 is 0 Å². The van der Waals surface area contributed by atoms with E-state index in [2.05, 4.69) is 0 Å². The van der Waals surface area contributed by atoms with E-state index >= 15 is 0 Å². The van der Waals surface area contributed by atoms with Crippen molar-refractivity contribution in [3.05, 3.63) is 35.4 Å². The second-order valence-electron chi connectivity index (χ2n) is 2.80. The van der Waals surface area contributed by atoms with Gasteiger partial charge in [-0.15, -0.1) is 0 Å². The van der Waals surface area contributed by atoms with Crippen molar-refractivity contribution in [2.75, 3.05) is 0 Å². The fraction of sp³-hybridized carbons (Fsp3) is 0.250. The standard InChI is InChI=1S/C8H9NO2S/c10-12(11)9-5-7-3-1-2-4-8(7)6-9/h1-4H,5-6H2,(H,10,11). The van der Waals surface area contributed by atoms with E-state index in [1.807, 2.05) is 24.3 Å². The highest BCUT2D eigenvalue weighted by Crippen LogP contribution is 2.22. The third-order valence-electron chi connectivity index (χ3n) is 2.03. The fourth-order valence-corrected chi connectivity index (χ4v) is 1.91. The summed E-state index contributed by atoms with van der Waals surface area (Å²) in [6.45, 7) is 1.17. The molecule has 2 rings (SSSR count). The second-order valence-corrected chi connectivity index (χ2v) is 3.78. The van der Waals surface area contributed by atoms with Gasteiger partial charge in [0.05, 0.1) is 0 Å². The molecule has 0 amide bonds. The summed E-state index contributed by atoms with van der Waals surface area (Å²) >= 11 is -1.83. The van der Waals surface area contributed by atoms with Gasteiger partial charge in [-0.3, -0.25) is 4.55 Å². The van der Waals surface area contributed by atoms with Crippen molar-refractivity contribution in [1.29, 1.82) is 0 Å². The van der Waals surface area contributed by atoms with Crippen LogP contribution in [-0.2, 0) is 24.4 Å². The van der Waals surface area contributed by atoms with Crippen LogP contribution in [0, 0.1) is 0 Å². The zero-order valence-corrected chi connectivity index (χ0v) is 7.25. The van der Waals surface area contributed by atoms with Crippen molar-refractivity contribution in [3.8, 4) is 0 Å². The Hall–Kier alpha value is -0.710. The number of fused-ring (bicyclic) bond motifs is 1. The Bertz CT molecular complexity index is 302. The minimum absolute atomic E-state index is 0.583. The Morgan fingerprint density at radius 2 is 1.75 bits per heavy atom. The molecule has 1 aliphatic heterocycles. The molecule has 1 N–H and O–H groups in total. The zero-order valence-electron chi connectivity index (χ0n) is 6.43. The topological polar surface area (TPSA) is 40.5 Å². The van der Waals surface area contributed by atoms with Crippen molar-refractivity contribution in [2.45, 2.75) is 13.1 Å². The van der Waals surface area contributed by atoms with Gasteiger partial charge < -0.3 is 0 Å².